The maximum absolute atomic E-state index is 5.46. The molecule has 1 aliphatic carbocycles. The summed E-state index contributed by atoms with van der Waals surface area (Å²) in [4.78, 5) is 2.38. The van der Waals surface area contributed by atoms with Gasteiger partial charge in [-0.2, -0.15) is 5.10 Å². The predicted molar refractivity (Wildman–Crippen MR) is 57.7 cm³/mol. The highest BCUT2D eigenvalue weighted by molar-refractivity contribution is 7.97. The Morgan fingerprint density at radius 2 is 2.43 bits per heavy atom. The van der Waals surface area contributed by atoms with Crippen LogP contribution >= 0.6 is 11.9 Å². The smallest absolute Gasteiger partial charge is 0.133 e. The van der Waals surface area contributed by atoms with E-state index in [4.69, 9.17) is 5.14 Å². The molecule has 14 heavy (non-hydrogen) atoms. The van der Waals surface area contributed by atoms with Gasteiger partial charge in [0.2, 0.25) is 0 Å². The van der Waals surface area contributed by atoms with E-state index in [9.17, 15) is 0 Å². The van der Waals surface area contributed by atoms with E-state index in [1.807, 2.05) is 11.7 Å². The van der Waals surface area contributed by atoms with Crippen LogP contribution in [0.25, 0.3) is 0 Å². The van der Waals surface area contributed by atoms with Crippen molar-refractivity contribution in [2.45, 2.75) is 30.5 Å². The van der Waals surface area contributed by atoms with Crippen LogP contribution in [0.5, 0.6) is 0 Å². The van der Waals surface area contributed by atoms with Gasteiger partial charge in [-0.15, -0.1) is 0 Å². The van der Waals surface area contributed by atoms with Gasteiger partial charge in [0.1, 0.15) is 5.03 Å². The second-order valence-electron chi connectivity index (χ2n) is 3.86. The molecule has 0 bridgehead atoms. The molecule has 0 amide bonds. The Morgan fingerprint density at radius 1 is 1.71 bits per heavy atom. The molecule has 1 saturated carbocycles. The van der Waals surface area contributed by atoms with Crippen molar-refractivity contribution in [1.29, 1.82) is 0 Å². The summed E-state index contributed by atoms with van der Waals surface area (Å²) in [6.45, 7) is 0.967. The summed E-state index contributed by atoms with van der Waals surface area (Å²) in [5.41, 5.74) is 1.23. The summed E-state index contributed by atoms with van der Waals surface area (Å²) >= 11 is 1.20. The van der Waals surface area contributed by atoms with Gasteiger partial charge in [0.15, 0.2) is 0 Å². The second-order valence-corrected chi connectivity index (χ2v) is 4.52. The Morgan fingerprint density at radius 3 is 2.93 bits per heavy atom. The third-order valence-electron chi connectivity index (χ3n) is 2.66. The van der Waals surface area contributed by atoms with Crippen LogP contribution in [0.4, 0.5) is 0 Å². The highest BCUT2D eigenvalue weighted by Crippen LogP contribution is 2.26. The molecule has 0 saturated heterocycles. The SMILES string of the molecule is CN(Cc1cc(SN)nn1C)C1CC1. The van der Waals surface area contributed by atoms with Crippen LogP contribution in [0, 0.1) is 0 Å². The first kappa shape index (κ1) is 10.0. The van der Waals surface area contributed by atoms with Crippen molar-refractivity contribution < 1.29 is 0 Å². The van der Waals surface area contributed by atoms with Gasteiger partial charge in [0, 0.05) is 19.6 Å². The third-order valence-corrected chi connectivity index (χ3v) is 3.10. The van der Waals surface area contributed by atoms with Crippen molar-refractivity contribution in [3.8, 4) is 0 Å². The lowest BCUT2D eigenvalue weighted by molar-refractivity contribution is 0.307. The summed E-state index contributed by atoms with van der Waals surface area (Å²) in [6, 6.07) is 2.85. The number of hydrogen-bond donors (Lipinski definition) is 1. The minimum Gasteiger partial charge on any atom is -0.298 e. The normalized spacial score (nSPS) is 16.6. The first-order valence-corrected chi connectivity index (χ1v) is 5.68. The average molecular weight is 212 g/mol. The molecule has 0 radical (unpaired) electrons. The van der Waals surface area contributed by atoms with Crippen LogP contribution in [0.1, 0.15) is 18.5 Å². The van der Waals surface area contributed by atoms with Crippen molar-refractivity contribution in [1.82, 2.24) is 14.7 Å². The first-order chi connectivity index (χ1) is 6.70. The molecule has 78 valence electrons. The van der Waals surface area contributed by atoms with Crippen molar-refractivity contribution in [3.05, 3.63) is 11.8 Å². The maximum Gasteiger partial charge on any atom is 0.133 e. The standard InChI is InChI=1S/C9H16N4S/c1-12(7-3-4-7)6-8-5-9(14-10)11-13(8)2/h5,7H,3-4,6,10H2,1-2H3. The van der Waals surface area contributed by atoms with E-state index in [-0.39, 0.29) is 0 Å². The van der Waals surface area contributed by atoms with Crippen LogP contribution in [0.2, 0.25) is 0 Å². The van der Waals surface area contributed by atoms with E-state index in [0.717, 1.165) is 17.6 Å². The van der Waals surface area contributed by atoms with E-state index < -0.39 is 0 Å². The zero-order valence-corrected chi connectivity index (χ0v) is 9.42. The molecule has 2 N–H and O–H groups in total. The van der Waals surface area contributed by atoms with Gasteiger partial charge in [-0.05, 0) is 37.9 Å². The van der Waals surface area contributed by atoms with Gasteiger partial charge in [-0.3, -0.25) is 14.7 Å². The van der Waals surface area contributed by atoms with Gasteiger partial charge in [-0.1, -0.05) is 0 Å². The fourth-order valence-corrected chi connectivity index (χ4v) is 1.96. The number of aromatic nitrogens is 2. The van der Waals surface area contributed by atoms with Gasteiger partial charge in [0.05, 0.1) is 5.69 Å². The molecule has 0 unspecified atom stereocenters. The van der Waals surface area contributed by atoms with Gasteiger partial charge in [-0.25, -0.2) is 0 Å². The molecule has 1 aromatic heterocycles. The molecule has 0 atom stereocenters. The summed E-state index contributed by atoms with van der Waals surface area (Å²) in [7, 11) is 4.13. The molecule has 5 heteroatoms. The molecule has 2 rings (SSSR count). The highest BCUT2D eigenvalue weighted by atomic mass is 32.2. The number of rotatable bonds is 4. The van der Waals surface area contributed by atoms with E-state index >= 15 is 0 Å². The Bertz CT molecular complexity index is 319. The zero-order valence-electron chi connectivity index (χ0n) is 8.60. The molecule has 4 nitrogen and oxygen atoms in total. The zero-order chi connectivity index (χ0) is 10.1. The molecule has 0 aromatic carbocycles. The molecule has 0 aliphatic heterocycles. The van der Waals surface area contributed by atoms with Gasteiger partial charge >= 0.3 is 0 Å². The summed E-state index contributed by atoms with van der Waals surface area (Å²) in [5, 5.41) is 10.6. The van der Waals surface area contributed by atoms with E-state index in [1.54, 1.807) is 0 Å². The topological polar surface area (TPSA) is 47.1 Å². The fraction of sp³-hybridized carbons (Fsp3) is 0.667. The minimum atomic E-state index is 0.791. The van der Waals surface area contributed by atoms with Crippen molar-refractivity contribution in [3.63, 3.8) is 0 Å². The lowest BCUT2D eigenvalue weighted by atomic mass is 10.4. The van der Waals surface area contributed by atoms with Crippen LogP contribution < -0.4 is 5.14 Å². The van der Waals surface area contributed by atoms with E-state index in [2.05, 4.69) is 23.1 Å². The third kappa shape index (κ3) is 2.10. The lowest BCUT2D eigenvalue weighted by Crippen LogP contribution is -2.21. The van der Waals surface area contributed by atoms with Crippen molar-refractivity contribution >= 4 is 11.9 Å². The quantitative estimate of drug-likeness (QED) is 0.756. The average Bonchev–Trinajstić information content (AvgIpc) is 2.94. The monoisotopic (exact) mass is 212 g/mol. The Balaban J connectivity index is 2.03. The fourth-order valence-electron chi connectivity index (χ4n) is 1.58. The van der Waals surface area contributed by atoms with Crippen molar-refractivity contribution in [2.75, 3.05) is 7.05 Å². The molecular weight excluding hydrogens is 196 g/mol. The molecule has 0 spiro atoms. The van der Waals surface area contributed by atoms with Crippen LogP contribution in [0.15, 0.2) is 11.1 Å². The molecule has 1 heterocycles. The Labute approximate surface area is 88.6 Å². The highest BCUT2D eigenvalue weighted by Gasteiger charge is 2.26. The van der Waals surface area contributed by atoms with E-state index in [1.165, 1.54) is 30.5 Å². The van der Waals surface area contributed by atoms with Crippen LogP contribution in [-0.4, -0.2) is 27.8 Å². The van der Waals surface area contributed by atoms with Gasteiger partial charge < -0.3 is 0 Å². The summed E-state index contributed by atoms with van der Waals surface area (Å²) in [5.74, 6) is 0. The number of aryl methyl sites for hydroxylation is 1. The molecule has 1 aliphatic rings. The van der Waals surface area contributed by atoms with E-state index in [0.29, 0.717) is 0 Å². The number of hydrogen-bond acceptors (Lipinski definition) is 4. The van der Waals surface area contributed by atoms with Crippen LogP contribution in [-0.2, 0) is 13.6 Å². The number of nitrogens with zero attached hydrogens (tertiary/aromatic N) is 3. The Hall–Kier alpha value is -0.520. The largest absolute Gasteiger partial charge is 0.298 e. The Kier molecular flexibility index (Phi) is 2.80. The lowest BCUT2D eigenvalue weighted by Gasteiger charge is -2.14. The first-order valence-electron chi connectivity index (χ1n) is 4.80. The molecule has 1 fully saturated rings. The predicted octanol–water partition coefficient (Wildman–Crippen LogP) is 0.980. The summed E-state index contributed by atoms with van der Waals surface area (Å²) in [6.07, 6.45) is 2.68. The molecule has 1 aromatic rings. The minimum absolute atomic E-state index is 0.791. The van der Waals surface area contributed by atoms with Crippen LogP contribution in [0.3, 0.4) is 0 Å². The second kappa shape index (κ2) is 3.92. The van der Waals surface area contributed by atoms with Crippen molar-refractivity contribution in [2.24, 2.45) is 12.2 Å². The molecular formula is C9H16N4S. The van der Waals surface area contributed by atoms with Gasteiger partial charge in [0.25, 0.3) is 0 Å². The maximum atomic E-state index is 5.46. The number of nitrogens with two attached hydrogens (primary N) is 1. The summed E-state index contributed by atoms with van der Waals surface area (Å²) < 4.78 is 1.91.